The number of nitrogens with one attached hydrogen (secondary N) is 1. The third-order valence-electron chi connectivity index (χ3n) is 4.42. The molecule has 0 radical (unpaired) electrons. The van der Waals surface area contributed by atoms with Crippen molar-refractivity contribution in [2.75, 3.05) is 32.2 Å². The highest BCUT2D eigenvalue weighted by Gasteiger charge is 2.32. The van der Waals surface area contributed by atoms with E-state index in [0.717, 1.165) is 4.90 Å². The average Bonchev–Trinajstić information content (AvgIpc) is 2.63. The van der Waals surface area contributed by atoms with Crippen LogP contribution in [0.1, 0.15) is 20.7 Å². The van der Waals surface area contributed by atoms with Gasteiger partial charge in [-0.05, 0) is 18.2 Å². The molecule has 0 saturated heterocycles. The summed E-state index contributed by atoms with van der Waals surface area (Å²) >= 11 is 0. The molecule has 2 aromatic rings. The maximum Gasteiger partial charge on any atom is 0.261 e. The quantitative estimate of drug-likeness (QED) is 0.583. The molecule has 0 fully saturated rings. The molecule has 1 aliphatic heterocycles. The van der Waals surface area contributed by atoms with Gasteiger partial charge < -0.3 is 20.6 Å². The van der Waals surface area contributed by atoms with Gasteiger partial charge in [0.25, 0.3) is 11.8 Å². The number of anilines is 1. The van der Waals surface area contributed by atoms with E-state index in [9.17, 15) is 24.9 Å². The van der Waals surface area contributed by atoms with Crippen LogP contribution in [0, 0.1) is 0 Å². The maximum absolute atomic E-state index is 12.3. The predicted molar refractivity (Wildman–Crippen MR) is 88.0 cm³/mol. The summed E-state index contributed by atoms with van der Waals surface area (Å²) in [5.74, 6) is -0.763. The van der Waals surface area contributed by atoms with E-state index in [-0.39, 0.29) is 11.8 Å². The van der Waals surface area contributed by atoms with Gasteiger partial charge in [-0.2, -0.15) is 0 Å². The van der Waals surface area contributed by atoms with Crippen LogP contribution in [-0.2, 0) is 0 Å². The summed E-state index contributed by atoms with van der Waals surface area (Å²) in [5.41, 5.74) is 0.0314. The molecule has 24 heavy (non-hydrogen) atoms. The number of aliphatic hydroxyl groups excluding tert-OH is 3. The van der Waals surface area contributed by atoms with E-state index >= 15 is 0 Å². The molecule has 0 unspecified atom stereocenters. The summed E-state index contributed by atoms with van der Waals surface area (Å²) in [6, 6.07) is 8.33. The van der Waals surface area contributed by atoms with Gasteiger partial charge >= 0.3 is 0 Å². The van der Waals surface area contributed by atoms with E-state index in [4.69, 9.17) is 0 Å². The number of carbonyl (C=O) groups is 2. The van der Waals surface area contributed by atoms with E-state index < -0.39 is 25.4 Å². The largest absolute Gasteiger partial charge is 0.394 e. The molecule has 0 spiro atoms. The molecule has 126 valence electrons. The minimum atomic E-state index is -1.31. The zero-order chi connectivity index (χ0) is 17.5. The van der Waals surface area contributed by atoms with Gasteiger partial charge in [-0.3, -0.25) is 14.5 Å². The molecule has 1 aliphatic rings. The molecule has 1 heterocycles. The van der Waals surface area contributed by atoms with Crippen LogP contribution in [0.3, 0.4) is 0 Å². The number of amides is 2. The van der Waals surface area contributed by atoms with E-state index in [1.54, 1.807) is 30.3 Å². The second kappa shape index (κ2) is 5.86. The number of carbonyl (C=O) groups excluding carboxylic acids is 2. The Labute approximate surface area is 138 Å². The molecule has 0 aliphatic carbocycles. The van der Waals surface area contributed by atoms with Crippen molar-refractivity contribution in [2.45, 2.75) is 5.54 Å². The highest BCUT2D eigenvalue weighted by atomic mass is 16.3. The number of hydrogen-bond acceptors (Lipinski definition) is 6. The first-order valence-electron chi connectivity index (χ1n) is 7.47. The van der Waals surface area contributed by atoms with Gasteiger partial charge in [-0.1, -0.05) is 12.1 Å². The smallest absolute Gasteiger partial charge is 0.261 e. The van der Waals surface area contributed by atoms with Crippen LogP contribution in [-0.4, -0.2) is 64.4 Å². The molecule has 3 rings (SSSR count). The predicted octanol–water partition coefficient (Wildman–Crippen LogP) is 0.193. The highest BCUT2D eigenvalue weighted by molar-refractivity contribution is 6.26. The third-order valence-corrected chi connectivity index (χ3v) is 4.42. The Morgan fingerprint density at radius 1 is 0.958 bits per heavy atom. The number of imide groups is 1. The van der Waals surface area contributed by atoms with Crippen molar-refractivity contribution < 1.29 is 24.9 Å². The summed E-state index contributed by atoms with van der Waals surface area (Å²) in [4.78, 5) is 25.8. The summed E-state index contributed by atoms with van der Waals surface area (Å²) in [5, 5.41) is 32.6. The Balaban J connectivity index is 2.22. The summed E-state index contributed by atoms with van der Waals surface area (Å²) in [6.45, 7) is -1.45. The molecule has 2 aromatic carbocycles. The molecular weight excluding hydrogens is 312 g/mol. The van der Waals surface area contributed by atoms with Crippen molar-refractivity contribution in [3.8, 4) is 0 Å². The normalized spacial score (nSPS) is 14.4. The number of aliphatic hydroxyl groups is 3. The average molecular weight is 330 g/mol. The van der Waals surface area contributed by atoms with Gasteiger partial charge in [0, 0.05) is 34.6 Å². The first kappa shape index (κ1) is 16.4. The molecule has 0 aromatic heterocycles. The molecule has 7 nitrogen and oxygen atoms in total. The van der Waals surface area contributed by atoms with E-state index in [1.165, 1.54) is 7.05 Å². The van der Waals surface area contributed by atoms with Gasteiger partial charge in [0.1, 0.15) is 5.54 Å². The Morgan fingerprint density at radius 3 is 2.12 bits per heavy atom. The van der Waals surface area contributed by atoms with Crippen LogP contribution < -0.4 is 5.32 Å². The number of rotatable bonds is 5. The summed E-state index contributed by atoms with van der Waals surface area (Å²) < 4.78 is 0. The lowest BCUT2D eigenvalue weighted by atomic mass is 9.92. The van der Waals surface area contributed by atoms with Gasteiger partial charge in [0.05, 0.1) is 19.8 Å². The second-order valence-electron chi connectivity index (χ2n) is 5.94. The molecule has 0 saturated carbocycles. The van der Waals surface area contributed by atoms with E-state index in [2.05, 4.69) is 5.32 Å². The Morgan fingerprint density at radius 2 is 1.54 bits per heavy atom. The van der Waals surface area contributed by atoms with E-state index in [1.807, 2.05) is 0 Å². The molecule has 4 N–H and O–H groups in total. The standard InChI is InChI=1S/C17H18N2O5/c1-19-15(23)11-4-2-3-10-13(18-17(7-20,8-21)9-22)6-5-12(14(10)11)16(19)24/h2-6,18,20-22H,7-9H2,1H3. The first-order valence-corrected chi connectivity index (χ1v) is 7.47. The van der Waals surface area contributed by atoms with Crippen molar-refractivity contribution in [3.05, 3.63) is 41.5 Å². The Kier molecular flexibility index (Phi) is 4.00. The summed E-state index contributed by atoms with van der Waals surface area (Å²) in [7, 11) is 1.44. The monoisotopic (exact) mass is 330 g/mol. The molecule has 0 atom stereocenters. The fraction of sp³-hybridized carbons (Fsp3) is 0.294. The van der Waals surface area contributed by atoms with Crippen LogP contribution in [0.25, 0.3) is 10.8 Å². The molecule has 0 bridgehead atoms. The van der Waals surface area contributed by atoms with Gasteiger partial charge in [0.2, 0.25) is 0 Å². The van der Waals surface area contributed by atoms with Crippen molar-refractivity contribution in [1.82, 2.24) is 4.90 Å². The topological polar surface area (TPSA) is 110 Å². The van der Waals surface area contributed by atoms with Crippen LogP contribution in [0.15, 0.2) is 30.3 Å². The zero-order valence-electron chi connectivity index (χ0n) is 13.1. The lowest BCUT2D eigenvalue weighted by molar-refractivity contribution is 0.0650. The minimum Gasteiger partial charge on any atom is -0.394 e. The van der Waals surface area contributed by atoms with Crippen LogP contribution in [0.4, 0.5) is 5.69 Å². The molecule has 2 amide bonds. The minimum absolute atomic E-state index is 0.381. The molecule has 7 heteroatoms. The Hall–Kier alpha value is -2.48. The van der Waals surface area contributed by atoms with Gasteiger partial charge in [-0.25, -0.2) is 0 Å². The fourth-order valence-electron chi connectivity index (χ4n) is 2.88. The van der Waals surface area contributed by atoms with Crippen molar-refractivity contribution in [3.63, 3.8) is 0 Å². The zero-order valence-corrected chi connectivity index (χ0v) is 13.1. The second-order valence-corrected chi connectivity index (χ2v) is 5.94. The SMILES string of the molecule is CN1C(=O)c2cccc3c(NC(CO)(CO)CO)ccc(c23)C1=O. The number of hydrogen-bond donors (Lipinski definition) is 4. The summed E-state index contributed by atoms with van der Waals surface area (Å²) in [6.07, 6.45) is 0. The van der Waals surface area contributed by atoms with Gasteiger partial charge in [-0.15, -0.1) is 0 Å². The van der Waals surface area contributed by atoms with E-state index in [0.29, 0.717) is 27.6 Å². The Bertz CT molecular complexity index is 799. The van der Waals surface area contributed by atoms with Crippen molar-refractivity contribution >= 4 is 28.3 Å². The van der Waals surface area contributed by atoms with Gasteiger partial charge in [0.15, 0.2) is 0 Å². The van der Waals surface area contributed by atoms with Crippen molar-refractivity contribution in [1.29, 1.82) is 0 Å². The lowest BCUT2D eigenvalue weighted by Crippen LogP contribution is -2.49. The first-order chi connectivity index (χ1) is 11.5. The third kappa shape index (κ3) is 2.25. The molecular formula is C17H18N2O5. The fourth-order valence-corrected chi connectivity index (χ4v) is 2.88. The van der Waals surface area contributed by atoms with Crippen molar-refractivity contribution in [2.24, 2.45) is 0 Å². The lowest BCUT2D eigenvalue weighted by Gasteiger charge is -2.31. The number of nitrogens with zero attached hydrogens (tertiary/aromatic N) is 1. The van der Waals surface area contributed by atoms with Crippen LogP contribution in [0.5, 0.6) is 0 Å². The maximum atomic E-state index is 12.3. The van der Waals surface area contributed by atoms with Crippen LogP contribution in [0.2, 0.25) is 0 Å². The highest BCUT2D eigenvalue weighted by Crippen LogP contribution is 2.34. The van der Waals surface area contributed by atoms with Crippen LogP contribution >= 0.6 is 0 Å². The number of benzene rings is 2.